The molecule has 5 heteroatoms. The van der Waals surface area contributed by atoms with Crippen LogP contribution in [0.15, 0.2) is 36.4 Å². The summed E-state index contributed by atoms with van der Waals surface area (Å²) in [5.74, 6) is 2.90. The van der Waals surface area contributed by atoms with Crippen molar-refractivity contribution in [2.24, 2.45) is 0 Å². The molecule has 2 aromatic carbocycles. The summed E-state index contributed by atoms with van der Waals surface area (Å²) in [4.78, 5) is 0. The standard InChI is InChI=1S/C18H23NO4/c1-20-15-9-8-13(12-17(15)22-3)10-11-19-14-6-5-7-16(21-2)18(14)23-4/h5-9,12,19H,10-11H2,1-4H3. The first-order valence-corrected chi connectivity index (χ1v) is 7.39. The van der Waals surface area contributed by atoms with Gasteiger partial charge >= 0.3 is 0 Å². The van der Waals surface area contributed by atoms with E-state index in [-0.39, 0.29) is 0 Å². The molecule has 23 heavy (non-hydrogen) atoms. The van der Waals surface area contributed by atoms with Gasteiger partial charge in [-0.25, -0.2) is 0 Å². The Morgan fingerprint density at radius 3 is 2.17 bits per heavy atom. The summed E-state index contributed by atoms with van der Waals surface area (Å²) in [7, 11) is 6.54. The third kappa shape index (κ3) is 4.00. The van der Waals surface area contributed by atoms with Crippen molar-refractivity contribution in [2.45, 2.75) is 6.42 Å². The van der Waals surface area contributed by atoms with E-state index < -0.39 is 0 Å². The highest BCUT2D eigenvalue weighted by atomic mass is 16.5. The molecule has 1 N–H and O–H groups in total. The van der Waals surface area contributed by atoms with Crippen LogP contribution < -0.4 is 24.3 Å². The largest absolute Gasteiger partial charge is 0.493 e. The minimum atomic E-state index is 0.710. The second-order valence-corrected chi connectivity index (χ2v) is 4.91. The van der Waals surface area contributed by atoms with Gasteiger partial charge in [-0.3, -0.25) is 0 Å². The van der Waals surface area contributed by atoms with Gasteiger partial charge in [0, 0.05) is 6.54 Å². The van der Waals surface area contributed by atoms with Gasteiger partial charge in [-0.15, -0.1) is 0 Å². The maximum atomic E-state index is 5.41. The predicted octanol–water partition coefficient (Wildman–Crippen LogP) is 3.38. The fourth-order valence-electron chi connectivity index (χ4n) is 2.40. The number of anilines is 1. The van der Waals surface area contributed by atoms with E-state index in [2.05, 4.69) is 5.32 Å². The summed E-state index contributed by atoms with van der Waals surface area (Å²) < 4.78 is 21.3. The molecular weight excluding hydrogens is 294 g/mol. The van der Waals surface area contributed by atoms with Crippen LogP contribution >= 0.6 is 0 Å². The van der Waals surface area contributed by atoms with Gasteiger partial charge in [-0.1, -0.05) is 12.1 Å². The van der Waals surface area contributed by atoms with Crippen molar-refractivity contribution in [1.29, 1.82) is 0 Å². The summed E-state index contributed by atoms with van der Waals surface area (Å²) in [6.07, 6.45) is 0.848. The molecule has 0 aliphatic rings. The lowest BCUT2D eigenvalue weighted by molar-refractivity contribution is 0.354. The molecule has 0 radical (unpaired) electrons. The number of para-hydroxylation sites is 1. The monoisotopic (exact) mass is 317 g/mol. The molecular formula is C18H23NO4. The molecule has 0 bridgehead atoms. The van der Waals surface area contributed by atoms with Crippen LogP contribution in [0.4, 0.5) is 5.69 Å². The maximum absolute atomic E-state index is 5.41. The fraction of sp³-hybridized carbons (Fsp3) is 0.333. The van der Waals surface area contributed by atoms with E-state index in [9.17, 15) is 0 Å². The van der Waals surface area contributed by atoms with E-state index in [1.807, 2.05) is 36.4 Å². The van der Waals surface area contributed by atoms with Gasteiger partial charge in [-0.05, 0) is 36.2 Å². The van der Waals surface area contributed by atoms with E-state index in [0.29, 0.717) is 11.5 Å². The van der Waals surface area contributed by atoms with E-state index >= 15 is 0 Å². The molecule has 0 unspecified atom stereocenters. The van der Waals surface area contributed by atoms with Crippen molar-refractivity contribution in [3.05, 3.63) is 42.0 Å². The van der Waals surface area contributed by atoms with Crippen LogP contribution in [0.5, 0.6) is 23.0 Å². The molecule has 0 fully saturated rings. The van der Waals surface area contributed by atoms with Crippen molar-refractivity contribution < 1.29 is 18.9 Å². The molecule has 2 aromatic rings. The highest BCUT2D eigenvalue weighted by molar-refractivity contribution is 5.63. The molecule has 0 aliphatic heterocycles. The Balaban J connectivity index is 2.03. The first-order valence-electron chi connectivity index (χ1n) is 7.39. The van der Waals surface area contributed by atoms with Crippen LogP contribution in [-0.4, -0.2) is 35.0 Å². The highest BCUT2D eigenvalue weighted by Gasteiger charge is 2.09. The average molecular weight is 317 g/mol. The number of hydrogen-bond donors (Lipinski definition) is 1. The minimum absolute atomic E-state index is 0.710. The Bertz CT molecular complexity index is 643. The molecule has 0 amide bonds. The molecule has 0 saturated heterocycles. The van der Waals surface area contributed by atoms with E-state index in [1.54, 1.807) is 28.4 Å². The number of ether oxygens (including phenoxy) is 4. The first-order chi connectivity index (χ1) is 11.2. The number of nitrogens with one attached hydrogen (secondary N) is 1. The Kier molecular flexibility index (Phi) is 5.97. The van der Waals surface area contributed by atoms with Gasteiger partial charge in [0.05, 0.1) is 34.1 Å². The number of methoxy groups -OCH3 is 4. The lowest BCUT2D eigenvalue weighted by atomic mass is 10.1. The van der Waals surface area contributed by atoms with Gasteiger partial charge in [0.1, 0.15) is 0 Å². The van der Waals surface area contributed by atoms with Crippen LogP contribution in [0.25, 0.3) is 0 Å². The highest BCUT2D eigenvalue weighted by Crippen LogP contribution is 2.34. The van der Waals surface area contributed by atoms with E-state index in [1.165, 1.54) is 0 Å². The topological polar surface area (TPSA) is 49.0 Å². The molecule has 0 spiro atoms. The molecule has 0 saturated carbocycles. The van der Waals surface area contributed by atoms with Gasteiger partial charge < -0.3 is 24.3 Å². The second kappa shape index (κ2) is 8.17. The van der Waals surface area contributed by atoms with Crippen molar-refractivity contribution in [2.75, 3.05) is 40.3 Å². The SMILES string of the molecule is COc1ccc(CCNc2cccc(OC)c2OC)cc1OC. The van der Waals surface area contributed by atoms with Gasteiger partial charge in [0.25, 0.3) is 0 Å². The number of rotatable bonds is 8. The van der Waals surface area contributed by atoms with Crippen molar-refractivity contribution in [3.8, 4) is 23.0 Å². The Labute approximate surface area is 137 Å². The fourth-order valence-corrected chi connectivity index (χ4v) is 2.40. The van der Waals surface area contributed by atoms with E-state index in [4.69, 9.17) is 18.9 Å². The zero-order valence-corrected chi connectivity index (χ0v) is 14.0. The van der Waals surface area contributed by atoms with Crippen LogP contribution in [-0.2, 0) is 6.42 Å². The predicted molar refractivity (Wildman–Crippen MR) is 91.3 cm³/mol. The molecule has 0 atom stereocenters. The van der Waals surface area contributed by atoms with Gasteiger partial charge in [-0.2, -0.15) is 0 Å². The smallest absolute Gasteiger partial charge is 0.183 e. The van der Waals surface area contributed by atoms with Crippen LogP contribution in [0, 0.1) is 0 Å². The second-order valence-electron chi connectivity index (χ2n) is 4.91. The minimum Gasteiger partial charge on any atom is -0.493 e. The van der Waals surface area contributed by atoms with Crippen LogP contribution in [0.2, 0.25) is 0 Å². The first kappa shape index (κ1) is 16.8. The average Bonchev–Trinajstić information content (AvgIpc) is 2.61. The summed E-state index contributed by atoms with van der Waals surface area (Å²) in [6.45, 7) is 0.763. The molecule has 0 heterocycles. The lowest BCUT2D eigenvalue weighted by Gasteiger charge is -2.14. The molecule has 124 valence electrons. The quantitative estimate of drug-likeness (QED) is 0.809. The Morgan fingerprint density at radius 2 is 1.52 bits per heavy atom. The number of benzene rings is 2. The van der Waals surface area contributed by atoms with Crippen LogP contribution in [0.3, 0.4) is 0 Å². The maximum Gasteiger partial charge on any atom is 0.183 e. The van der Waals surface area contributed by atoms with Crippen molar-refractivity contribution >= 4 is 5.69 Å². The molecule has 0 aliphatic carbocycles. The van der Waals surface area contributed by atoms with Gasteiger partial charge in [0.15, 0.2) is 23.0 Å². The van der Waals surface area contributed by atoms with E-state index in [0.717, 1.165) is 35.7 Å². The molecule has 0 aromatic heterocycles. The van der Waals surface area contributed by atoms with Crippen molar-refractivity contribution in [1.82, 2.24) is 0 Å². The summed E-state index contributed by atoms with van der Waals surface area (Å²) >= 11 is 0. The molecule has 2 rings (SSSR count). The Hall–Kier alpha value is -2.56. The summed E-state index contributed by atoms with van der Waals surface area (Å²) in [5.41, 5.74) is 2.07. The third-order valence-corrected chi connectivity index (χ3v) is 3.58. The zero-order chi connectivity index (χ0) is 16.7. The third-order valence-electron chi connectivity index (χ3n) is 3.58. The lowest BCUT2D eigenvalue weighted by Crippen LogP contribution is -2.07. The zero-order valence-electron chi connectivity index (χ0n) is 14.0. The summed E-state index contributed by atoms with van der Waals surface area (Å²) in [5, 5.41) is 3.38. The number of hydrogen-bond acceptors (Lipinski definition) is 5. The van der Waals surface area contributed by atoms with Crippen molar-refractivity contribution in [3.63, 3.8) is 0 Å². The molecule has 5 nitrogen and oxygen atoms in total. The van der Waals surface area contributed by atoms with Crippen LogP contribution in [0.1, 0.15) is 5.56 Å². The summed E-state index contributed by atoms with van der Waals surface area (Å²) in [6, 6.07) is 11.7. The normalized spacial score (nSPS) is 10.1. The Morgan fingerprint density at radius 1 is 0.783 bits per heavy atom. The van der Waals surface area contributed by atoms with Gasteiger partial charge in [0.2, 0.25) is 0 Å².